The van der Waals surface area contributed by atoms with Crippen molar-refractivity contribution in [3.05, 3.63) is 0 Å². The summed E-state index contributed by atoms with van der Waals surface area (Å²) in [5, 5.41) is 28.1. The van der Waals surface area contributed by atoms with Gasteiger partial charge in [-0.15, -0.1) is 0 Å². The highest BCUT2D eigenvalue weighted by Crippen LogP contribution is 2.21. The summed E-state index contributed by atoms with van der Waals surface area (Å²) >= 11 is 3.94. The van der Waals surface area contributed by atoms with Gasteiger partial charge in [0.1, 0.15) is 18.3 Å². The van der Waals surface area contributed by atoms with Gasteiger partial charge in [0, 0.05) is 12.9 Å². The molecule has 0 amide bonds. The Morgan fingerprint density at radius 3 is 2.31 bits per heavy atom. The molecule has 0 aromatic carbocycles. The molecule has 5 atom stereocenters. The SMILES string of the molecule is CO[C@H]1OC(CS)[C@@H](O)C(O)[C@H]1O. The number of hydrogen-bond acceptors (Lipinski definition) is 6. The van der Waals surface area contributed by atoms with Crippen LogP contribution in [0.15, 0.2) is 0 Å². The van der Waals surface area contributed by atoms with E-state index in [1.807, 2.05) is 0 Å². The Morgan fingerprint density at radius 2 is 1.85 bits per heavy atom. The molecule has 1 aliphatic heterocycles. The summed E-state index contributed by atoms with van der Waals surface area (Å²) < 4.78 is 9.90. The average molecular weight is 210 g/mol. The van der Waals surface area contributed by atoms with Crippen molar-refractivity contribution in [1.82, 2.24) is 0 Å². The summed E-state index contributed by atoms with van der Waals surface area (Å²) in [7, 11) is 1.36. The highest BCUT2D eigenvalue weighted by Gasteiger charge is 2.43. The molecule has 1 fully saturated rings. The zero-order valence-corrected chi connectivity index (χ0v) is 8.09. The fourth-order valence-corrected chi connectivity index (χ4v) is 1.56. The molecule has 2 unspecified atom stereocenters. The standard InChI is InChI=1S/C7H14O5S/c1-11-7-6(10)5(9)4(8)3(2-13)12-7/h3-10,13H,2H2,1H3/t3?,4-,5?,6-,7+/m1/s1. The molecule has 0 aliphatic carbocycles. The number of aliphatic hydroxyl groups excluding tert-OH is 3. The van der Waals surface area contributed by atoms with Crippen LogP contribution in [-0.4, -0.2) is 58.9 Å². The van der Waals surface area contributed by atoms with Crippen molar-refractivity contribution >= 4 is 12.6 Å². The molecule has 1 heterocycles. The predicted molar refractivity (Wildman–Crippen MR) is 47.5 cm³/mol. The van der Waals surface area contributed by atoms with Crippen molar-refractivity contribution in [3.63, 3.8) is 0 Å². The summed E-state index contributed by atoms with van der Waals surface area (Å²) in [4.78, 5) is 0. The maximum atomic E-state index is 9.38. The summed E-state index contributed by atoms with van der Waals surface area (Å²) in [5.74, 6) is 0.255. The maximum absolute atomic E-state index is 9.38. The summed E-state index contributed by atoms with van der Waals surface area (Å²) in [6, 6.07) is 0. The Balaban J connectivity index is 2.66. The lowest BCUT2D eigenvalue weighted by Crippen LogP contribution is -2.58. The van der Waals surface area contributed by atoms with E-state index in [-0.39, 0.29) is 5.75 Å². The largest absolute Gasteiger partial charge is 0.388 e. The fourth-order valence-electron chi connectivity index (χ4n) is 1.26. The topological polar surface area (TPSA) is 79.2 Å². The quantitative estimate of drug-likeness (QED) is 0.412. The highest BCUT2D eigenvalue weighted by molar-refractivity contribution is 7.80. The van der Waals surface area contributed by atoms with Gasteiger partial charge in [-0.2, -0.15) is 12.6 Å². The van der Waals surface area contributed by atoms with Crippen molar-refractivity contribution < 1.29 is 24.8 Å². The minimum Gasteiger partial charge on any atom is -0.388 e. The smallest absolute Gasteiger partial charge is 0.186 e. The van der Waals surface area contributed by atoms with Crippen LogP contribution in [-0.2, 0) is 9.47 Å². The number of rotatable bonds is 2. The molecule has 0 bridgehead atoms. The molecule has 5 nitrogen and oxygen atoms in total. The summed E-state index contributed by atoms with van der Waals surface area (Å²) in [5.41, 5.74) is 0. The lowest BCUT2D eigenvalue weighted by atomic mass is 10.00. The summed E-state index contributed by atoms with van der Waals surface area (Å²) in [6.07, 6.45) is -5.13. The van der Waals surface area contributed by atoms with Gasteiger partial charge >= 0.3 is 0 Å². The van der Waals surface area contributed by atoms with Gasteiger partial charge in [-0.05, 0) is 0 Å². The molecule has 3 N–H and O–H groups in total. The van der Waals surface area contributed by atoms with Crippen molar-refractivity contribution in [3.8, 4) is 0 Å². The third-order valence-electron chi connectivity index (χ3n) is 2.08. The van der Waals surface area contributed by atoms with Gasteiger partial charge in [-0.25, -0.2) is 0 Å². The first kappa shape index (κ1) is 11.2. The fraction of sp³-hybridized carbons (Fsp3) is 1.00. The molecule has 0 spiro atoms. The molecule has 1 saturated heterocycles. The Hall–Kier alpha value is 0.150. The van der Waals surface area contributed by atoms with E-state index < -0.39 is 30.7 Å². The summed E-state index contributed by atoms with van der Waals surface area (Å²) in [6.45, 7) is 0. The van der Waals surface area contributed by atoms with E-state index in [1.165, 1.54) is 7.11 Å². The van der Waals surface area contributed by atoms with Gasteiger partial charge in [0.05, 0.1) is 6.10 Å². The third kappa shape index (κ3) is 2.15. The van der Waals surface area contributed by atoms with Crippen LogP contribution in [0.1, 0.15) is 0 Å². The molecular weight excluding hydrogens is 196 g/mol. The lowest BCUT2D eigenvalue weighted by molar-refractivity contribution is -0.284. The molecule has 78 valence electrons. The second-order valence-electron chi connectivity index (χ2n) is 2.93. The van der Waals surface area contributed by atoms with E-state index in [2.05, 4.69) is 12.6 Å². The number of ether oxygens (including phenoxy) is 2. The normalized spacial score (nSPS) is 46.4. The van der Waals surface area contributed by atoms with Crippen LogP contribution in [0.25, 0.3) is 0 Å². The minimum atomic E-state index is -1.25. The van der Waals surface area contributed by atoms with Gasteiger partial charge in [0.2, 0.25) is 0 Å². The Labute approximate surface area is 81.7 Å². The van der Waals surface area contributed by atoms with E-state index >= 15 is 0 Å². The molecular formula is C7H14O5S. The number of hydrogen-bond donors (Lipinski definition) is 4. The molecule has 1 rings (SSSR count). The number of methoxy groups -OCH3 is 1. The van der Waals surface area contributed by atoms with Gasteiger partial charge in [0.25, 0.3) is 0 Å². The monoisotopic (exact) mass is 210 g/mol. The molecule has 1 aliphatic rings. The molecule has 0 aromatic heterocycles. The van der Waals surface area contributed by atoms with E-state index in [4.69, 9.17) is 9.47 Å². The number of aliphatic hydroxyl groups is 3. The molecule has 0 saturated carbocycles. The Morgan fingerprint density at radius 1 is 1.23 bits per heavy atom. The van der Waals surface area contributed by atoms with E-state index in [0.717, 1.165) is 0 Å². The molecule has 13 heavy (non-hydrogen) atoms. The van der Waals surface area contributed by atoms with Crippen LogP contribution in [0.4, 0.5) is 0 Å². The van der Waals surface area contributed by atoms with Crippen molar-refractivity contribution in [2.45, 2.75) is 30.7 Å². The Bertz CT molecular complexity index is 147. The van der Waals surface area contributed by atoms with E-state index in [1.54, 1.807) is 0 Å². The first-order chi connectivity index (χ1) is 6.11. The third-order valence-corrected chi connectivity index (χ3v) is 2.44. The lowest BCUT2D eigenvalue weighted by Gasteiger charge is -2.39. The second-order valence-corrected chi connectivity index (χ2v) is 3.30. The zero-order valence-electron chi connectivity index (χ0n) is 7.20. The minimum absolute atomic E-state index is 0.255. The van der Waals surface area contributed by atoms with Crippen molar-refractivity contribution in [1.29, 1.82) is 0 Å². The molecule has 6 heteroatoms. The van der Waals surface area contributed by atoms with E-state index in [0.29, 0.717) is 0 Å². The van der Waals surface area contributed by atoms with Crippen LogP contribution >= 0.6 is 12.6 Å². The van der Waals surface area contributed by atoms with Gasteiger partial charge in [-0.1, -0.05) is 0 Å². The van der Waals surface area contributed by atoms with Crippen LogP contribution in [0.2, 0.25) is 0 Å². The van der Waals surface area contributed by atoms with Crippen molar-refractivity contribution in [2.75, 3.05) is 12.9 Å². The van der Waals surface area contributed by atoms with Crippen LogP contribution < -0.4 is 0 Å². The van der Waals surface area contributed by atoms with Gasteiger partial charge < -0.3 is 24.8 Å². The van der Waals surface area contributed by atoms with Crippen LogP contribution in [0.5, 0.6) is 0 Å². The highest BCUT2D eigenvalue weighted by atomic mass is 32.1. The van der Waals surface area contributed by atoms with Crippen molar-refractivity contribution in [2.24, 2.45) is 0 Å². The van der Waals surface area contributed by atoms with Crippen LogP contribution in [0, 0.1) is 0 Å². The molecule has 0 aromatic rings. The van der Waals surface area contributed by atoms with Gasteiger partial charge in [-0.3, -0.25) is 0 Å². The van der Waals surface area contributed by atoms with Gasteiger partial charge in [0.15, 0.2) is 6.29 Å². The predicted octanol–water partition coefficient (Wildman–Crippen LogP) is -1.63. The van der Waals surface area contributed by atoms with E-state index in [9.17, 15) is 15.3 Å². The molecule has 0 radical (unpaired) electrons. The van der Waals surface area contributed by atoms with Crippen LogP contribution in [0.3, 0.4) is 0 Å². The Kier molecular flexibility index (Phi) is 3.96. The average Bonchev–Trinajstić information content (AvgIpc) is 2.15. The maximum Gasteiger partial charge on any atom is 0.186 e. The first-order valence-electron chi connectivity index (χ1n) is 3.95. The second kappa shape index (κ2) is 4.59. The number of thiol groups is 1. The zero-order chi connectivity index (χ0) is 10.0. The first-order valence-corrected chi connectivity index (χ1v) is 4.58.